The number of hydrogen-bond acceptors (Lipinski definition) is 4. The highest BCUT2D eigenvalue weighted by Gasteiger charge is 2.28. The molecule has 1 aliphatic rings. The number of primary amides is 1. The Bertz CT molecular complexity index is 501. The number of alkyl halides is 1. The van der Waals surface area contributed by atoms with Gasteiger partial charge >= 0.3 is 5.31 Å². The van der Waals surface area contributed by atoms with Crippen LogP contribution in [0.4, 0.5) is 0 Å². The molecule has 1 aromatic carbocycles. The lowest BCUT2D eigenvalue weighted by Crippen LogP contribution is -2.41. The largest absolute Gasteiger partial charge is 0.366 e. The first-order valence-electron chi connectivity index (χ1n) is 5.29. The Balaban J connectivity index is 1.95. The highest BCUT2D eigenvalue weighted by molar-refractivity contribution is 6.24. The molecule has 5 nitrogen and oxygen atoms in total. The summed E-state index contributed by atoms with van der Waals surface area (Å²) in [5, 5.41) is 1.29. The molecule has 1 atom stereocenters. The molecule has 1 aliphatic heterocycles. The molecule has 1 aromatic rings. The highest BCUT2D eigenvalue weighted by Crippen LogP contribution is 2.20. The second-order valence-corrected chi connectivity index (χ2v) is 4.21. The minimum Gasteiger partial charge on any atom is -0.366 e. The fourth-order valence-electron chi connectivity index (χ4n) is 1.36. The van der Waals surface area contributed by atoms with E-state index in [1.165, 1.54) is 12.4 Å². The van der Waals surface area contributed by atoms with E-state index in [9.17, 15) is 4.79 Å². The van der Waals surface area contributed by atoms with Crippen molar-refractivity contribution in [2.75, 3.05) is 0 Å². The van der Waals surface area contributed by atoms with Gasteiger partial charge in [0.1, 0.15) is 0 Å². The maximum Gasteiger partial charge on any atom is 0.320 e. The molecule has 0 spiro atoms. The zero-order valence-electron chi connectivity index (χ0n) is 9.47. The average molecular weight is 266 g/mol. The van der Waals surface area contributed by atoms with Crippen molar-refractivity contribution in [3.05, 3.63) is 47.7 Å². The van der Waals surface area contributed by atoms with Crippen LogP contribution in [0.25, 0.3) is 0 Å². The van der Waals surface area contributed by atoms with Crippen molar-refractivity contribution in [2.45, 2.75) is 11.9 Å². The van der Waals surface area contributed by atoms with Crippen LogP contribution >= 0.6 is 11.6 Å². The molecular formula is C12H12ClN3O2. The van der Waals surface area contributed by atoms with Crippen LogP contribution in [0.1, 0.15) is 5.56 Å². The molecule has 0 saturated heterocycles. The zero-order chi connectivity index (χ0) is 13.0. The van der Waals surface area contributed by atoms with E-state index < -0.39 is 11.2 Å². The third-order valence-corrected chi connectivity index (χ3v) is 2.65. The number of nitrogens with two attached hydrogens (primary N) is 1. The van der Waals surface area contributed by atoms with Gasteiger partial charge in [-0.1, -0.05) is 30.3 Å². The summed E-state index contributed by atoms with van der Waals surface area (Å²) in [5.41, 5.74) is 6.31. The number of amides is 1. The molecular weight excluding hydrogens is 254 g/mol. The van der Waals surface area contributed by atoms with Crippen molar-refractivity contribution in [2.24, 2.45) is 10.7 Å². The monoisotopic (exact) mass is 265 g/mol. The van der Waals surface area contributed by atoms with Crippen LogP contribution in [-0.4, -0.2) is 17.4 Å². The molecule has 18 heavy (non-hydrogen) atoms. The van der Waals surface area contributed by atoms with Crippen LogP contribution in [0.5, 0.6) is 0 Å². The molecule has 3 N–H and O–H groups in total. The van der Waals surface area contributed by atoms with E-state index >= 15 is 0 Å². The third kappa shape index (κ3) is 3.09. The molecule has 2 rings (SSSR count). The van der Waals surface area contributed by atoms with Crippen LogP contribution in [0.3, 0.4) is 0 Å². The van der Waals surface area contributed by atoms with Gasteiger partial charge in [0.2, 0.25) is 0 Å². The number of nitrogens with one attached hydrogen (secondary N) is 1. The van der Waals surface area contributed by atoms with Gasteiger partial charge in [0.15, 0.2) is 0 Å². The predicted molar refractivity (Wildman–Crippen MR) is 68.7 cm³/mol. The van der Waals surface area contributed by atoms with Gasteiger partial charge in [-0.25, -0.2) is 4.99 Å². The number of aliphatic imine (C=N–C) groups is 1. The normalized spacial score (nSPS) is 22.2. The molecule has 0 fully saturated rings. The summed E-state index contributed by atoms with van der Waals surface area (Å²) in [7, 11) is 0. The summed E-state index contributed by atoms with van der Waals surface area (Å²) in [4.78, 5) is 14.8. The van der Waals surface area contributed by atoms with Gasteiger partial charge in [-0.15, -0.1) is 0 Å². The Morgan fingerprint density at radius 2 is 2.17 bits per heavy atom. The lowest BCUT2D eigenvalue weighted by atomic mass is 10.2. The highest BCUT2D eigenvalue weighted by atomic mass is 35.5. The van der Waals surface area contributed by atoms with E-state index in [1.807, 2.05) is 30.3 Å². The van der Waals surface area contributed by atoms with Crippen LogP contribution in [0, 0.1) is 0 Å². The summed E-state index contributed by atoms with van der Waals surface area (Å²) in [6.45, 7) is 0.300. The lowest BCUT2D eigenvalue weighted by molar-refractivity contribution is -0.114. The van der Waals surface area contributed by atoms with Crippen molar-refractivity contribution < 1.29 is 9.53 Å². The summed E-state index contributed by atoms with van der Waals surface area (Å²) in [6.07, 6.45) is 2.67. The second-order valence-electron chi connectivity index (χ2n) is 3.70. The van der Waals surface area contributed by atoms with Crippen LogP contribution < -0.4 is 11.1 Å². The number of ether oxygens (including phenoxy) is 1. The Morgan fingerprint density at radius 1 is 1.44 bits per heavy atom. The first-order valence-corrected chi connectivity index (χ1v) is 5.66. The predicted octanol–water partition coefficient (Wildman–Crippen LogP) is 1.10. The quantitative estimate of drug-likeness (QED) is 0.632. The number of hydrogen-bond donors (Lipinski definition) is 2. The smallest absolute Gasteiger partial charge is 0.320 e. The Morgan fingerprint density at radius 3 is 2.72 bits per heavy atom. The van der Waals surface area contributed by atoms with Crippen molar-refractivity contribution in [3.63, 3.8) is 0 Å². The average Bonchev–Trinajstić information content (AvgIpc) is 2.38. The molecule has 1 heterocycles. The van der Waals surface area contributed by atoms with Crippen LogP contribution in [0.15, 0.2) is 47.1 Å². The van der Waals surface area contributed by atoms with E-state index in [-0.39, 0.29) is 5.57 Å². The summed E-state index contributed by atoms with van der Waals surface area (Å²) < 4.78 is 5.44. The maximum absolute atomic E-state index is 10.9. The lowest BCUT2D eigenvalue weighted by Gasteiger charge is -2.25. The van der Waals surface area contributed by atoms with Crippen molar-refractivity contribution in [3.8, 4) is 0 Å². The Kier molecular flexibility index (Phi) is 3.64. The number of benzene rings is 1. The number of halogens is 1. The van der Waals surface area contributed by atoms with E-state index in [4.69, 9.17) is 22.1 Å². The fourth-order valence-corrected chi connectivity index (χ4v) is 1.52. The molecule has 94 valence electrons. The first kappa shape index (κ1) is 12.6. The van der Waals surface area contributed by atoms with Crippen LogP contribution in [-0.2, 0) is 16.1 Å². The Hall–Kier alpha value is -1.85. The van der Waals surface area contributed by atoms with Crippen molar-refractivity contribution >= 4 is 23.7 Å². The number of rotatable bonds is 4. The van der Waals surface area contributed by atoms with E-state index in [0.29, 0.717) is 6.61 Å². The van der Waals surface area contributed by atoms with E-state index in [2.05, 4.69) is 10.3 Å². The van der Waals surface area contributed by atoms with E-state index in [1.54, 1.807) is 0 Å². The SMILES string of the molecule is NC(=O)C1=CNC(Cl)(OCc2ccccc2)N=C1. The summed E-state index contributed by atoms with van der Waals surface area (Å²) in [6, 6.07) is 9.55. The minimum atomic E-state index is -1.39. The standard InChI is InChI=1S/C12H12ClN3O2/c13-12(15-6-10(7-16-12)11(14)17)18-8-9-4-2-1-3-5-9/h1-7,15H,8H2,(H2,14,17). The zero-order valence-corrected chi connectivity index (χ0v) is 10.2. The second kappa shape index (κ2) is 5.20. The summed E-state index contributed by atoms with van der Waals surface area (Å²) in [5.74, 6) is -0.576. The number of carbonyl (C=O) groups excluding carboxylic acids is 1. The van der Waals surface area contributed by atoms with Gasteiger partial charge in [-0.2, -0.15) is 0 Å². The Labute approximate surface area is 109 Å². The van der Waals surface area contributed by atoms with Crippen molar-refractivity contribution in [1.29, 1.82) is 0 Å². The third-order valence-electron chi connectivity index (χ3n) is 2.33. The van der Waals surface area contributed by atoms with Crippen LogP contribution in [0.2, 0.25) is 0 Å². The van der Waals surface area contributed by atoms with Gasteiger partial charge in [0.05, 0.1) is 12.2 Å². The van der Waals surface area contributed by atoms with Gasteiger partial charge in [0, 0.05) is 12.4 Å². The molecule has 0 bridgehead atoms. The topological polar surface area (TPSA) is 76.7 Å². The minimum absolute atomic E-state index is 0.245. The molecule has 0 radical (unpaired) electrons. The molecule has 6 heteroatoms. The molecule has 1 amide bonds. The molecule has 1 unspecified atom stereocenters. The maximum atomic E-state index is 10.9. The van der Waals surface area contributed by atoms with E-state index in [0.717, 1.165) is 5.56 Å². The first-order chi connectivity index (χ1) is 8.59. The number of carbonyl (C=O) groups is 1. The van der Waals surface area contributed by atoms with Crippen molar-refractivity contribution in [1.82, 2.24) is 5.32 Å². The van der Waals surface area contributed by atoms with Gasteiger partial charge in [0.25, 0.3) is 5.91 Å². The van der Waals surface area contributed by atoms with Gasteiger partial charge < -0.3 is 15.8 Å². The fraction of sp³-hybridized carbons (Fsp3) is 0.167. The molecule has 0 aromatic heterocycles. The van der Waals surface area contributed by atoms with Gasteiger partial charge in [-0.05, 0) is 17.2 Å². The summed E-state index contributed by atoms with van der Waals surface area (Å²) >= 11 is 6.07. The molecule has 0 aliphatic carbocycles. The van der Waals surface area contributed by atoms with Gasteiger partial charge in [-0.3, -0.25) is 4.79 Å². The number of nitrogens with zero attached hydrogens (tertiary/aromatic N) is 1. The molecule has 0 saturated carbocycles.